The van der Waals surface area contributed by atoms with E-state index in [1.54, 1.807) is 0 Å². The Hall–Kier alpha value is -1.70. The third-order valence-corrected chi connectivity index (χ3v) is 4.66. The number of nitrogens with one attached hydrogen (secondary N) is 1. The van der Waals surface area contributed by atoms with E-state index >= 15 is 0 Å². The Morgan fingerprint density at radius 2 is 1.81 bits per heavy atom. The molecule has 2 heteroatoms. The van der Waals surface area contributed by atoms with Gasteiger partial charge in [-0.25, -0.2) is 0 Å². The lowest BCUT2D eigenvalue weighted by molar-refractivity contribution is 0.319. The van der Waals surface area contributed by atoms with Crippen LogP contribution in [-0.4, -0.2) is 10.6 Å². The predicted octanol–water partition coefficient (Wildman–Crippen LogP) is 5.25. The zero-order valence-electron chi connectivity index (χ0n) is 13.0. The fourth-order valence-electron chi connectivity index (χ4n) is 3.50. The molecule has 1 aromatic carbocycles. The third kappa shape index (κ3) is 3.69. The van der Waals surface area contributed by atoms with Crippen molar-refractivity contribution < 1.29 is 0 Å². The van der Waals surface area contributed by atoms with Crippen molar-refractivity contribution >= 4 is 5.69 Å². The SMILES string of the molecule is CCCC1CCC(Nc2cccc(-n3cccc3)c2)CC1. The molecule has 21 heavy (non-hydrogen) atoms. The standard InChI is InChI=1S/C19H26N2/c1-2-6-16-9-11-17(12-10-16)20-18-7-5-8-19(15-18)21-13-3-4-14-21/h3-5,7-8,13-17,20H,2,6,9-12H2,1H3. The molecule has 1 fully saturated rings. The van der Waals surface area contributed by atoms with Gasteiger partial charge in [0.25, 0.3) is 0 Å². The number of nitrogens with zero attached hydrogens (tertiary/aromatic N) is 1. The normalized spacial score (nSPS) is 22.1. The fraction of sp³-hybridized carbons (Fsp3) is 0.474. The maximum Gasteiger partial charge on any atom is 0.0469 e. The van der Waals surface area contributed by atoms with E-state index in [2.05, 4.69) is 65.6 Å². The van der Waals surface area contributed by atoms with Gasteiger partial charge >= 0.3 is 0 Å². The van der Waals surface area contributed by atoms with Gasteiger partial charge in [-0.1, -0.05) is 25.8 Å². The first-order valence-corrected chi connectivity index (χ1v) is 8.35. The minimum Gasteiger partial charge on any atom is -0.382 e. The molecule has 112 valence electrons. The summed E-state index contributed by atoms with van der Waals surface area (Å²) in [6.07, 6.45) is 12.4. The molecule has 1 N–H and O–H groups in total. The number of anilines is 1. The first kappa shape index (κ1) is 14.2. The quantitative estimate of drug-likeness (QED) is 0.792. The lowest BCUT2D eigenvalue weighted by atomic mass is 9.83. The Kier molecular flexibility index (Phi) is 4.64. The van der Waals surface area contributed by atoms with E-state index in [-0.39, 0.29) is 0 Å². The van der Waals surface area contributed by atoms with Crippen LogP contribution in [0.4, 0.5) is 5.69 Å². The maximum atomic E-state index is 3.73. The van der Waals surface area contributed by atoms with Crippen LogP contribution >= 0.6 is 0 Å². The minimum atomic E-state index is 0.651. The molecule has 0 aliphatic heterocycles. The second-order valence-corrected chi connectivity index (χ2v) is 6.29. The van der Waals surface area contributed by atoms with Crippen molar-refractivity contribution in [2.75, 3.05) is 5.32 Å². The van der Waals surface area contributed by atoms with E-state index in [4.69, 9.17) is 0 Å². The van der Waals surface area contributed by atoms with Crippen molar-refractivity contribution in [2.24, 2.45) is 5.92 Å². The third-order valence-electron chi connectivity index (χ3n) is 4.66. The van der Waals surface area contributed by atoms with Gasteiger partial charge in [0.1, 0.15) is 0 Å². The predicted molar refractivity (Wildman–Crippen MR) is 90.0 cm³/mol. The van der Waals surface area contributed by atoms with Gasteiger partial charge in [-0.15, -0.1) is 0 Å². The highest BCUT2D eigenvalue weighted by molar-refractivity contribution is 5.51. The highest BCUT2D eigenvalue weighted by Crippen LogP contribution is 2.29. The summed E-state index contributed by atoms with van der Waals surface area (Å²) >= 11 is 0. The Balaban J connectivity index is 1.60. The van der Waals surface area contributed by atoms with Crippen LogP contribution in [0.3, 0.4) is 0 Å². The van der Waals surface area contributed by atoms with Crippen LogP contribution in [0.25, 0.3) is 5.69 Å². The number of aromatic nitrogens is 1. The van der Waals surface area contributed by atoms with Crippen molar-refractivity contribution in [1.82, 2.24) is 4.57 Å². The molecule has 1 aliphatic rings. The Labute approximate surface area is 128 Å². The van der Waals surface area contributed by atoms with Crippen LogP contribution in [0.2, 0.25) is 0 Å². The van der Waals surface area contributed by atoms with Gasteiger partial charge in [-0.3, -0.25) is 0 Å². The molecule has 0 atom stereocenters. The van der Waals surface area contributed by atoms with E-state index in [1.807, 2.05) is 0 Å². The van der Waals surface area contributed by atoms with Gasteiger partial charge < -0.3 is 9.88 Å². The zero-order valence-corrected chi connectivity index (χ0v) is 13.0. The van der Waals surface area contributed by atoms with Crippen LogP contribution in [0.1, 0.15) is 45.4 Å². The van der Waals surface area contributed by atoms with Crippen LogP contribution in [-0.2, 0) is 0 Å². The zero-order chi connectivity index (χ0) is 14.5. The lowest BCUT2D eigenvalue weighted by Crippen LogP contribution is -2.26. The van der Waals surface area contributed by atoms with E-state index in [0.29, 0.717) is 6.04 Å². The van der Waals surface area contributed by atoms with Crippen molar-refractivity contribution in [2.45, 2.75) is 51.5 Å². The number of rotatable bonds is 5. The molecule has 0 saturated heterocycles. The number of hydrogen-bond donors (Lipinski definition) is 1. The maximum absolute atomic E-state index is 3.73. The Morgan fingerprint density at radius 1 is 1.05 bits per heavy atom. The van der Waals surface area contributed by atoms with E-state index < -0.39 is 0 Å². The summed E-state index contributed by atoms with van der Waals surface area (Å²) in [7, 11) is 0. The molecule has 1 heterocycles. The first-order chi connectivity index (χ1) is 10.3. The summed E-state index contributed by atoms with van der Waals surface area (Å²) in [5, 5.41) is 3.73. The Bertz CT molecular complexity index is 536. The van der Waals surface area contributed by atoms with Crippen LogP contribution in [0.5, 0.6) is 0 Å². The molecule has 0 spiro atoms. The van der Waals surface area contributed by atoms with Crippen LogP contribution in [0.15, 0.2) is 48.8 Å². The average Bonchev–Trinajstić information content (AvgIpc) is 3.04. The topological polar surface area (TPSA) is 17.0 Å². The van der Waals surface area contributed by atoms with Gasteiger partial charge in [0.05, 0.1) is 0 Å². The van der Waals surface area contributed by atoms with E-state index in [0.717, 1.165) is 5.92 Å². The molecule has 1 aliphatic carbocycles. The molecule has 3 rings (SSSR count). The minimum absolute atomic E-state index is 0.651. The van der Waals surface area contributed by atoms with E-state index in [1.165, 1.54) is 49.9 Å². The van der Waals surface area contributed by atoms with E-state index in [9.17, 15) is 0 Å². The van der Waals surface area contributed by atoms with Gasteiger partial charge in [-0.05, 0) is 61.9 Å². The smallest absolute Gasteiger partial charge is 0.0469 e. The highest BCUT2D eigenvalue weighted by Gasteiger charge is 2.20. The van der Waals surface area contributed by atoms with Crippen molar-refractivity contribution in [3.05, 3.63) is 48.8 Å². The number of benzene rings is 1. The first-order valence-electron chi connectivity index (χ1n) is 8.35. The highest BCUT2D eigenvalue weighted by atomic mass is 15.0. The lowest BCUT2D eigenvalue weighted by Gasteiger charge is -2.29. The van der Waals surface area contributed by atoms with Gasteiger partial charge in [-0.2, -0.15) is 0 Å². The van der Waals surface area contributed by atoms with Crippen molar-refractivity contribution in [1.29, 1.82) is 0 Å². The molecule has 0 amide bonds. The van der Waals surface area contributed by atoms with Crippen LogP contribution in [0, 0.1) is 5.92 Å². The fourth-order valence-corrected chi connectivity index (χ4v) is 3.50. The van der Waals surface area contributed by atoms with Crippen molar-refractivity contribution in [3.8, 4) is 5.69 Å². The summed E-state index contributed by atoms with van der Waals surface area (Å²) in [6.45, 7) is 2.30. The second kappa shape index (κ2) is 6.84. The largest absolute Gasteiger partial charge is 0.382 e. The summed E-state index contributed by atoms with van der Waals surface area (Å²) in [5.41, 5.74) is 2.48. The summed E-state index contributed by atoms with van der Waals surface area (Å²) in [5.74, 6) is 0.972. The molecular weight excluding hydrogens is 256 g/mol. The number of hydrogen-bond acceptors (Lipinski definition) is 1. The molecule has 1 aromatic heterocycles. The molecular formula is C19H26N2. The molecule has 2 nitrogen and oxygen atoms in total. The molecule has 0 bridgehead atoms. The van der Waals surface area contributed by atoms with Gasteiger partial charge in [0, 0.05) is 29.8 Å². The monoisotopic (exact) mass is 282 g/mol. The van der Waals surface area contributed by atoms with Crippen LogP contribution < -0.4 is 5.32 Å². The molecule has 1 saturated carbocycles. The van der Waals surface area contributed by atoms with Gasteiger partial charge in [0.2, 0.25) is 0 Å². The van der Waals surface area contributed by atoms with Gasteiger partial charge in [0.15, 0.2) is 0 Å². The molecule has 0 unspecified atom stereocenters. The summed E-state index contributed by atoms with van der Waals surface area (Å²) in [6, 6.07) is 13.5. The van der Waals surface area contributed by atoms with Crippen molar-refractivity contribution in [3.63, 3.8) is 0 Å². The second-order valence-electron chi connectivity index (χ2n) is 6.29. The summed E-state index contributed by atoms with van der Waals surface area (Å²) < 4.78 is 2.16. The average molecular weight is 282 g/mol. The molecule has 0 radical (unpaired) electrons. The molecule has 2 aromatic rings. The Morgan fingerprint density at radius 3 is 2.52 bits per heavy atom. The summed E-state index contributed by atoms with van der Waals surface area (Å²) in [4.78, 5) is 0.